The first-order valence-corrected chi connectivity index (χ1v) is 6.20. The minimum absolute atomic E-state index is 0.0371. The zero-order chi connectivity index (χ0) is 14.9. The number of pyridine rings is 1. The van der Waals surface area contributed by atoms with Gasteiger partial charge in [-0.1, -0.05) is 6.07 Å². The highest BCUT2D eigenvalue weighted by atomic mass is 16.3. The molecular weight excluding hydrogens is 256 g/mol. The molecule has 104 valence electrons. The third kappa shape index (κ3) is 2.56. The van der Waals surface area contributed by atoms with Crippen LogP contribution >= 0.6 is 0 Å². The van der Waals surface area contributed by atoms with Gasteiger partial charge in [0.05, 0.1) is 0 Å². The second kappa shape index (κ2) is 5.21. The van der Waals surface area contributed by atoms with Gasteiger partial charge in [0.15, 0.2) is 5.43 Å². The van der Waals surface area contributed by atoms with E-state index in [-0.39, 0.29) is 16.7 Å². The number of anilines is 1. The summed E-state index contributed by atoms with van der Waals surface area (Å²) in [4.78, 5) is 26.7. The first kappa shape index (κ1) is 13.9. The molecule has 0 unspecified atom stereocenters. The standard InChI is InChI=1S/C15H16N2O3/c1-8-4-5-12(10(3)14(8)19)17-15(20)11-7-16-9(2)6-13(11)18/h4-7,19H,1-3H3,(H,16,18)(H,17,20). The number of aromatic hydroxyl groups is 1. The van der Waals surface area contributed by atoms with E-state index in [4.69, 9.17) is 0 Å². The van der Waals surface area contributed by atoms with Crippen molar-refractivity contribution in [2.45, 2.75) is 20.8 Å². The molecule has 20 heavy (non-hydrogen) atoms. The topological polar surface area (TPSA) is 82.2 Å². The normalized spacial score (nSPS) is 10.3. The number of aromatic amines is 1. The Morgan fingerprint density at radius 1 is 1.25 bits per heavy atom. The van der Waals surface area contributed by atoms with Crippen LogP contribution < -0.4 is 10.7 Å². The number of rotatable bonds is 2. The van der Waals surface area contributed by atoms with Crippen LogP contribution in [0.3, 0.4) is 0 Å². The van der Waals surface area contributed by atoms with Gasteiger partial charge < -0.3 is 15.4 Å². The fourth-order valence-corrected chi connectivity index (χ4v) is 1.91. The minimum Gasteiger partial charge on any atom is -0.507 e. The van der Waals surface area contributed by atoms with Gasteiger partial charge in [0, 0.05) is 29.2 Å². The lowest BCUT2D eigenvalue weighted by Gasteiger charge is -2.11. The third-order valence-electron chi connectivity index (χ3n) is 3.18. The van der Waals surface area contributed by atoms with Crippen molar-refractivity contribution >= 4 is 11.6 Å². The van der Waals surface area contributed by atoms with Crippen LogP contribution in [0.2, 0.25) is 0 Å². The Morgan fingerprint density at radius 3 is 2.60 bits per heavy atom. The molecule has 1 amide bonds. The van der Waals surface area contributed by atoms with Gasteiger partial charge in [-0.25, -0.2) is 0 Å². The Bertz CT molecular complexity index is 732. The summed E-state index contributed by atoms with van der Waals surface area (Å²) in [5.74, 6) is -0.363. The van der Waals surface area contributed by atoms with E-state index in [1.807, 2.05) is 0 Å². The summed E-state index contributed by atoms with van der Waals surface area (Å²) in [6.07, 6.45) is 1.39. The average Bonchev–Trinajstić information content (AvgIpc) is 2.39. The number of phenolic OH excluding ortho intramolecular Hbond substituents is 1. The molecule has 1 aromatic heterocycles. The maximum absolute atomic E-state index is 12.1. The van der Waals surface area contributed by atoms with Crippen molar-refractivity contribution in [2.24, 2.45) is 0 Å². The molecule has 0 saturated carbocycles. The van der Waals surface area contributed by atoms with Crippen molar-refractivity contribution in [1.82, 2.24) is 4.98 Å². The smallest absolute Gasteiger partial charge is 0.261 e. The highest BCUT2D eigenvalue weighted by Crippen LogP contribution is 2.28. The van der Waals surface area contributed by atoms with Crippen LogP contribution in [0.25, 0.3) is 0 Å². The molecule has 5 heteroatoms. The number of carbonyl (C=O) groups excluding carboxylic acids is 1. The third-order valence-corrected chi connectivity index (χ3v) is 3.18. The predicted molar refractivity (Wildman–Crippen MR) is 77.3 cm³/mol. The van der Waals surface area contributed by atoms with E-state index in [1.165, 1.54) is 12.3 Å². The molecule has 0 aliphatic rings. The Hall–Kier alpha value is -2.56. The molecule has 0 saturated heterocycles. The van der Waals surface area contributed by atoms with Crippen LogP contribution in [-0.2, 0) is 0 Å². The van der Waals surface area contributed by atoms with E-state index in [1.54, 1.807) is 32.9 Å². The van der Waals surface area contributed by atoms with Crippen molar-refractivity contribution in [3.05, 3.63) is 57.0 Å². The molecule has 1 aromatic carbocycles. The molecule has 5 nitrogen and oxygen atoms in total. The Morgan fingerprint density at radius 2 is 1.95 bits per heavy atom. The van der Waals surface area contributed by atoms with Gasteiger partial charge in [0.1, 0.15) is 11.3 Å². The van der Waals surface area contributed by atoms with Gasteiger partial charge in [-0.3, -0.25) is 9.59 Å². The SMILES string of the molecule is Cc1cc(=O)c(C(=O)Nc2ccc(C)c(O)c2C)c[nH]1. The van der Waals surface area contributed by atoms with Gasteiger partial charge >= 0.3 is 0 Å². The highest BCUT2D eigenvalue weighted by Gasteiger charge is 2.13. The van der Waals surface area contributed by atoms with Crippen LogP contribution in [-0.4, -0.2) is 16.0 Å². The summed E-state index contributed by atoms with van der Waals surface area (Å²) in [7, 11) is 0. The minimum atomic E-state index is -0.502. The molecule has 0 fully saturated rings. The summed E-state index contributed by atoms with van der Waals surface area (Å²) >= 11 is 0. The number of hydrogen-bond donors (Lipinski definition) is 3. The second-order valence-corrected chi connectivity index (χ2v) is 4.75. The monoisotopic (exact) mass is 272 g/mol. The van der Waals surface area contributed by atoms with Gasteiger partial charge in [-0.05, 0) is 32.4 Å². The fraction of sp³-hybridized carbons (Fsp3) is 0.200. The van der Waals surface area contributed by atoms with Crippen molar-refractivity contribution in [2.75, 3.05) is 5.32 Å². The number of aromatic nitrogens is 1. The van der Waals surface area contributed by atoms with E-state index in [0.29, 0.717) is 16.9 Å². The first-order valence-electron chi connectivity index (χ1n) is 6.20. The number of benzene rings is 1. The lowest BCUT2D eigenvalue weighted by Crippen LogP contribution is -2.22. The van der Waals surface area contributed by atoms with Crippen molar-refractivity contribution in [1.29, 1.82) is 0 Å². The Kier molecular flexibility index (Phi) is 3.61. The zero-order valence-electron chi connectivity index (χ0n) is 11.6. The summed E-state index contributed by atoms with van der Waals surface area (Å²) < 4.78 is 0. The number of amides is 1. The second-order valence-electron chi connectivity index (χ2n) is 4.75. The van der Waals surface area contributed by atoms with Crippen molar-refractivity contribution in [3.63, 3.8) is 0 Å². The van der Waals surface area contributed by atoms with E-state index >= 15 is 0 Å². The fourth-order valence-electron chi connectivity index (χ4n) is 1.91. The van der Waals surface area contributed by atoms with E-state index in [2.05, 4.69) is 10.3 Å². The van der Waals surface area contributed by atoms with E-state index < -0.39 is 5.91 Å². The van der Waals surface area contributed by atoms with Crippen LogP contribution in [0, 0.1) is 20.8 Å². The molecule has 0 aliphatic carbocycles. The van der Waals surface area contributed by atoms with Crippen LogP contribution in [0.5, 0.6) is 5.75 Å². The summed E-state index contributed by atoms with van der Waals surface area (Å²) in [5.41, 5.74) is 2.17. The zero-order valence-corrected chi connectivity index (χ0v) is 11.6. The Balaban J connectivity index is 2.33. The van der Waals surface area contributed by atoms with Crippen LogP contribution in [0.1, 0.15) is 27.2 Å². The van der Waals surface area contributed by atoms with Crippen molar-refractivity contribution in [3.8, 4) is 5.75 Å². The molecule has 0 radical (unpaired) electrons. The summed E-state index contributed by atoms with van der Waals surface area (Å²) in [5, 5.41) is 12.5. The maximum Gasteiger partial charge on any atom is 0.261 e. The molecule has 0 bridgehead atoms. The number of hydrogen-bond acceptors (Lipinski definition) is 3. The molecule has 0 aliphatic heterocycles. The number of aryl methyl sites for hydroxylation is 2. The molecule has 0 spiro atoms. The molecule has 0 atom stereocenters. The maximum atomic E-state index is 12.1. The molecular formula is C15H16N2O3. The van der Waals surface area contributed by atoms with Crippen molar-refractivity contribution < 1.29 is 9.90 Å². The molecule has 2 rings (SSSR count). The van der Waals surface area contributed by atoms with Crippen LogP contribution in [0.15, 0.2) is 29.2 Å². The van der Waals surface area contributed by atoms with Gasteiger partial charge in [0.2, 0.25) is 0 Å². The number of H-pyrrole nitrogens is 1. The lowest BCUT2D eigenvalue weighted by molar-refractivity contribution is 0.102. The number of carbonyl (C=O) groups is 1. The number of nitrogens with one attached hydrogen (secondary N) is 2. The summed E-state index contributed by atoms with van der Waals surface area (Å²) in [6, 6.07) is 4.77. The van der Waals surface area contributed by atoms with Gasteiger partial charge in [-0.15, -0.1) is 0 Å². The highest BCUT2D eigenvalue weighted by molar-refractivity contribution is 6.04. The molecule has 1 heterocycles. The largest absolute Gasteiger partial charge is 0.507 e. The predicted octanol–water partition coefficient (Wildman–Crippen LogP) is 2.26. The quantitative estimate of drug-likeness (QED) is 0.784. The van der Waals surface area contributed by atoms with E-state index in [0.717, 1.165) is 5.56 Å². The van der Waals surface area contributed by atoms with Gasteiger partial charge in [-0.2, -0.15) is 0 Å². The Labute approximate surface area is 116 Å². The molecule has 2 aromatic rings. The average molecular weight is 272 g/mol. The summed E-state index contributed by atoms with van der Waals surface area (Å²) in [6.45, 7) is 5.22. The van der Waals surface area contributed by atoms with Crippen LogP contribution in [0.4, 0.5) is 5.69 Å². The van der Waals surface area contributed by atoms with Gasteiger partial charge in [0.25, 0.3) is 5.91 Å². The number of phenols is 1. The van der Waals surface area contributed by atoms with E-state index in [9.17, 15) is 14.7 Å². The first-order chi connectivity index (χ1) is 9.40. The lowest BCUT2D eigenvalue weighted by atomic mass is 10.1. The molecule has 3 N–H and O–H groups in total.